The minimum atomic E-state index is 0.640. The van der Waals surface area contributed by atoms with Gasteiger partial charge in [0.15, 0.2) is 0 Å². The van der Waals surface area contributed by atoms with Crippen molar-refractivity contribution in [2.24, 2.45) is 5.41 Å². The van der Waals surface area contributed by atoms with Crippen LogP contribution in [0.2, 0.25) is 5.02 Å². The summed E-state index contributed by atoms with van der Waals surface area (Å²) in [6.07, 6.45) is 4.12. The molecule has 2 rings (SSSR count). The maximum atomic E-state index is 5.85. The van der Waals surface area contributed by atoms with E-state index in [1.165, 1.54) is 30.7 Å². The average Bonchev–Trinajstić information content (AvgIpc) is 2.84. The molecule has 1 nitrogen and oxygen atoms in total. The van der Waals surface area contributed by atoms with E-state index in [0.717, 1.165) is 11.6 Å². The molecule has 1 N–H and O–H groups in total. The maximum Gasteiger partial charge on any atom is 0.0516 e. The second kappa shape index (κ2) is 4.21. The van der Waals surface area contributed by atoms with Crippen LogP contribution in [0.3, 0.4) is 0 Å². The first-order chi connectivity index (χ1) is 6.74. The van der Waals surface area contributed by atoms with E-state index < -0.39 is 0 Å². The van der Waals surface area contributed by atoms with Crippen LogP contribution in [0.15, 0.2) is 11.4 Å². The summed E-state index contributed by atoms with van der Waals surface area (Å²) in [5.74, 6) is 0. The van der Waals surface area contributed by atoms with Crippen molar-refractivity contribution in [3.63, 3.8) is 0 Å². The molecule has 1 fully saturated rings. The standard InChI is InChI=1S/C11H16ClNS/c1-2-11(3-4-11)8-13-6-10-5-9(12)7-14-10/h5,7,13H,2-4,6,8H2,1H3. The van der Waals surface area contributed by atoms with Crippen LogP contribution in [0, 0.1) is 5.41 Å². The van der Waals surface area contributed by atoms with Crippen LogP contribution in [0.25, 0.3) is 0 Å². The van der Waals surface area contributed by atoms with E-state index in [1.807, 2.05) is 11.4 Å². The summed E-state index contributed by atoms with van der Waals surface area (Å²) in [4.78, 5) is 1.34. The van der Waals surface area contributed by atoms with Gasteiger partial charge in [-0.1, -0.05) is 18.5 Å². The molecule has 14 heavy (non-hydrogen) atoms. The van der Waals surface area contributed by atoms with Crippen molar-refractivity contribution in [1.82, 2.24) is 5.32 Å². The monoisotopic (exact) mass is 229 g/mol. The van der Waals surface area contributed by atoms with Crippen molar-refractivity contribution in [2.75, 3.05) is 6.54 Å². The molecular formula is C11H16ClNS. The van der Waals surface area contributed by atoms with Gasteiger partial charge in [-0.3, -0.25) is 0 Å². The Morgan fingerprint density at radius 2 is 2.36 bits per heavy atom. The van der Waals surface area contributed by atoms with E-state index in [-0.39, 0.29) is 0 Å². The Hall–Kier alpha value is -0.0500. The highest BCUT2D eigenvalue weighted by molar-refractivity contribution is 7.10. The third-order valence-corrected chi connectivity index (χ3v) is 4.41. The Labute approximate surface area is 94.5 Å². The van der Waals surface area contributed by atoms with E-state index >= 15 is 0 Å². The number of hydrogen-bond acceptors (Lipinski definition) is 2. The van der Waals surface area contributed by atoms with Gasteiger partial charge in [-0.15, -0.1) is 11.3 Å². The molecule has 1 aromatic rings. The molecule has 1 saturated carbocycles. The Balaban J connectivity index is 1.73. The average molecular weight is 230 g/mol. The van der Waals surface area contributed by atoms with E-state index in [1.54, 1.807) is 11.3 Å². The van der Waals surface area contributed by atoms with Gasteiger partial charge in [0.25, 0.3) is 0 Å². The minimum absolute atomic E-state index is 0.640. The first-order valence-corrected chi connectivity index (χ1v) is 6.43. The van der Waals surface area contributed by atoms with Crippen LogP contribution < -0.4 is 5.32 Å². The number of hydrogen-bond donors (Lipinski definition) is 1. The Kier molecular flexibility index (Phi) is 3.15. The lowest BCUT2D eigenvalue weighted by Gasteiger charge is -2.12. The fourth-order valence-electron chi connectivity index (χ4n) is 1.73. The van der Waals surface area contributed by atoms with Gasteiger partial charge in [-0.05, 0) is 30.7 Å². The molecule has 0 bridgehead atoms. The summed E-state index contributed by atoms with van der Waals surface area (Å²) in [6, 6.07) is 2.05. The molecule has 0 unspecified atom stereocenters. The first kappa shape index (κ1) is 10.5. The normalized spacial score (nSPS) is 18.4. The highest BCUT2D eigenvalue weighted by Gasteiger charge is 2.39. The van der Waals surface area contributed by atoms with Crippen molar-refractivity contribution in [3.8, 4) is 0 Å². The lowest BCUT2D eigenvalue weighted by molar-refractivity contribution is 0.444. The second-order valence-corrected chi connectivity index (χ2v) is 5.62. The van der Waals surface area contributed by atoms with Crippen LogP contribution in [0.5, 0.6) is 0 Å². The first-order valence-electron chi connectivity index (χ1n) is 5.18. The fourth-order valence-corrected chi connectivity index (χ4v) is 2.77. The quantitative estimate of drug-likeness (QED) is 0.812. The minimum Gasteiger partial charge on any atom is -0.311 e. The predicted octanol–water partition coefficient (Wildman–Crippen LogP) is 3.68. The Bertz CT molecular complexity index is 304. The summed E-state index contributed by atoms with van der Waals surface area (Å²) in [7, 11) is 0. The van der Waals surface area contributed by atoms with Gasteiger partial charge in [0.1, 0.15) is 0 Å². The van der Waals surface area contributed by atoms with Gasteiger partial charge in [0, 0.05) is 23.3 Å². The molecule has 0 radical (unpaired) electrons. The highest BCUT2D eigenvalue weighted by atomic mass is 35.5. The highest BCUT2D eigenvalue weighted by Crippen LogP contribution is 2.47. The molecule has 1 aliphatic rings. The molecule has 3 heteroatoms. The van der Waals surface area contributed by atoms with Gasteiger partial charge in [-0.25, -0.2) is 0 Å². The lowest BCUT2D eigenvalue weighted by Crippen LogP contribution is -2.22. The molecule has 0 saturated heterocycles. The molecule has 1 heterocycles. The molecule has 0 aliphatic heterocycles. The third kappa shape index (κ3) is 2.50. The number of halogens is 1. The van der Waals surface area contributed by atoms with Crippen molar-refractivity contribution in [1.29, 1.82) is 0 Å². The van der Waals surface area contributed by atoms with Crippen LogP contribution in [0.1, 0.15) is 31.1 Å². The van der Waals surface area contributed by atoms with Crippen molar-refractivity contribution < 1.29 is 0 Å². The molecule has 0 spiro atoms. The van der Waals surface area contributed by atoms with Crippen LogP contribution in [-0.2, 0) is 6.54 Å². The Morgan fingerprint density at radius 1 is 1.57 bits per heavy atom. The Morgan fingerprint density at radius 3 is 2.86 bits per heavy atom. The van der Waals surface area contributed by atoms with Crippen LogP contribution in [-0.4, -0.2) is 6.54 Å². The molecule has 78 valence electrons. The molecule has 0 amide bonds. The van der Waals surface area contributed by atoms with Gasteiger partial charge >= 0.3 is 0 Å². The van der Waals surface area contributed by atoms with E-state index in [0.29, 0.717) is 5.41 Å². The summed E-state index contributed by atoms with van der Waals surface area (Å²) in [6.45, 7) is 4.43. The largest absolute Gasteiger partial charge is 0.311 e. The molecule has 0 atom stereocenters. The summed E-state index contributed by atoms with van der Waals surface area (Å²) >= 11 is 7.59. The predicted molar refractivity (Wildman–Crippen MR) is 63.0 cm³/mol. The summed E-state index contributed by atoms with van der Waals surface area (Å²) < 4.78 is 0. The number of rotatable bonds is 5. The van der Waals surface area contributed by atoms with Gasteiger partial charge < -0.3 is 5.32 Å². The van der Waals surface area contributed by atoms with Crippen molar-refractivity contribution in [3.05, 3.63) is 21.3 Å². The molecule has 1 aromatic heterocycles. The second-order valence-electron chi connectivity index (χ2n) is 4.19. The SMILES string of the molecule is CCC1(CNCc2cc(Cl)cs2)CC1. The zero-order chi connectivity index (χ0) is 10.0. The van der Waals surface area contributed by atoms with Crippen molar-refractivity contribution in [2.45, 2.75) is 32.7 Å². The van der Waals surface area contributed by atoms with Crippen LogP contribution in [0.4, 0.5) is 0 Å². The van der Waals surface area contributed by atoms with Crippen molar-refractivity contribution >= 4 is 22.9 Å². The van der Waals surface area contributed by atoms with Gasteiger partial charge in [0.2, 0.25) is 0 Å². The van der Waals surface area contributed by atoms with Crippen LogP contribution >= 0.6 is 22.9 Å². The number of thiophene rings is 1. The van der Waals surface area contributed by atoms with E-state index in [2.05, 4.69) is 12.2 Å². The smallest absolute Gasteiger partial charge is 0.0516 e. The lowest BCUT2D eigenvalue weighted by atomic mass is 10.0. The zero-order valence-electron chi connectivity index (χ0n) is 8.48. The van der Waals surface area contributed by atoms with E-state index in [4.69, 9.17) is 11.6 Å². The van der Waals surface area contributed by atoms with Gasteiger partial charge in [0.05, 0.1) is 5.02 Å². The fraction of sp³-hybridized carbons (Fsp3) is 0.636. The van der Waals surface area contributed by atoms with E-state index in [9.17, 15) is 0 Å². The van der Waals surface area contributed by atoms with Gasteiger partial charge in [-0.2, -0.15) is 0 Å². The topological polar surface area (TPSA) is 12.0 Å². The molecule has 0 aromatic carbocycles. The maximum absolute atomic E-state index is 5.85. The third-order valence-electron chi connectivity index (χ3n) is 3.13. The zero-order valence-corrected chi connectivity index (χ0v) is 10.0. The summed E-state index contributed by atoms with van der Waals surface area (Å²) in [5.41, 5.74) is 0.640. The molecular weight excluding hydrogens is 214 g/mol. The number of nitrogens with one attached hydrogen (secondary N) is 1. The molecule has 1 aliphatic carbocycles. The summed E-state index contributed by atoms with van der Waals surface area (Å²) in [5, 5.41) is 6.38.